The minimum Gasteiger partial charge on any atom is -0.495 e. The average molecular weight is 374 g/mol. The van der Waals surface area contributed by atoms with Crippen LogP contribution in [0.3, 0.4) is 0 Å². The normalized spacial score (nSPS) is 13.0. The molecule has 1 aromatic rings. The largest absolute Gasteiger partial charge is 0.495 e. The summed E-state index contributed by atoms with van der Waals surface area (Å²) in [6.07, 6.45) is -0.852. The lowest BCUT2D eigenvalue weighted by atomic mass is 10.2. The number of methoxy groups -OCH3 is 1. The zero-order chi connectivity index (χ0) is 19.3. The molecule has 9 nitrogen and oxygen atoms in total. The van der Waals surface area contributed by atoms with Crippen molar-refractivity contribution in [1.29, 1.82) is 0 Å². The lowest BCUT2D eigenvalue weighted by Crippen LogP contribution is -2.49. The first-order valence-corrected chi connectivity index (χ1v) is 8.79. The van der Waals surface area contributed by atoms with Crippen LogP contribution in [0.2, 0.25) is 0 Å². The van der Waals surface area contributed by atoms with E-state index in [4.69, 9.17) is 9.47 Å². The van der Waals surface area contributed by atoms with Gasteiger partial charge in [-0.05, 0) is 32.9 Å². The van der Waals surface area contributed by atoms with Gasteiger partial charge in [-0.1, -0.05) is 12.1 Å². The Bertz CT molecular complexity index is 726. The van der Waals surface area contributed by atoms with Crippen LogP contribution in [0, 0.1) is 0 Å². The Morgan fingerprint density at radius 2 is 1.84 bits per heavy atom. The predicted molar refractivity (Wildman–Crippen MR) is 89.0 cm³/mol. The van der Waals surface area contributed by atoms with Crippen LogP contribution in [0.5, 0.6) is 5.75 Å². The molecule has 1 atom stereocenters. The van der Waals surface area contributed by atoms with Gasteiger partial charge in [0.05, 0.1) is 7.11 Å². The standard InChI is InChI=1S/C15H22N2O7S/c1-15(2,3)24-14(20)16-9-10(13(18)19)17-25(21,22)12-8-6-5-7-11(12)23-4/h5-8,10,17H,9H2,1-4H3,(H,16,20)(H,18,19). The van der Waals surface area contributed by atoms with Gasteiger partial charge < -0.3 is 19.9 Å². The number of aliphatic carboxylic acids is 1. The maximum atomic E-state index is 12.4. The number of hydrogen-bond donors (Lipinski definition) is 3. The van der Waals surface area contributed by atoms with Crippen molar-refractivity contribution in [2.45, 2.75) is 37.3 Å². The van der Waals surface area contributed by atoms with E-state index in [0.717, 1.165) is 0 Å². The first-order chi connectivity index (χ1) is 11.5. The number of benzene rings is 1. The molecule has 0 heterocycles. The molecule has 0 bridgehead atoms. The molecule has 1 aromatic carbocycles. The summed E-state index contributed by atoms with van der Waals surface area (Å²) in [5.41, 5.74) is -0.764. The fourth-order valence-corrected chi connectivity index (χ4v) is 3.13. The molecule has 3 N–H and O–H groups in total. The molecule has 0 aromatic heterocycles. The lowest BCUT2D eigenvalue weighted by molar-refractivity contribution is -0.138. The molecule has 10 heteroatoms. The van der Waals surface area contributed by atoms with Gasteiger partial charge in [-0.25, -0.2) is 13.2 Å². The number of carbonyl (C=O) groups excluding carboxylic acids is 1. The number of nitrogens with one attached hydrogen (secondary N) is 2. The molecule has 0 fully saturated rings. The molecule has 25 heavy (non-hydrogen) atoms. The summed E-state index contributed by atoms with van der Waals surface area (Å²) in [6, 6.07) is 4.19. The van der Waals surface area contributed by atoms with Gasteiger partial charge in [-0.2, -0.15) is 4.72 Å². The molecular formula is C15H22N2O7S. The Labute approximate surface area is 146 Å². The number of para-hydroxylation sites is 1. The Morgan fingerprint density at radius 3 is 2.36 bits per heavy atom. The fraction of sp³-hybridized carbons (Fsp3) is 0.467. The number of ether oxygens (including phenoxy) is 2. The number of carboxylic acids is 1. The van der Waals surface area contributed by atoms with Crippen molar-refractivity contribution in [2.24, 2.45) is 0 Å². The molecule has 0 aliphatic carbocycles. The lowest BCUT2D eigenvalue weighted by Gasteiger charge is -2.21. The molecule has 1 amide bonds. The smallest absolute Gasteiger partial charge is 0.407 e. The van der Waals surface area contributed by atoms with Gasteiger partial charge in [-0.3, -0.25) is 4.79 Å². The van der Waals surface area contributed by atoms with E-state index in [1.807, 2.05) is 4.72 Å². The van der Waals surface area contributed by atoms with E-state index in [2.05, 4.69) is 5.32 Å². The van der Waals surface area contributed by atoms with Gasteiger partial charge in [0.2, 0.25) is 10.0 Å². The van der Waals surface area contributed by atoms with Crippen LogP contribution < -0.4 is 14.8 Å². The highest BCUT2D eigenvalue weighted by Crippen LogP contribution is 2.22. The summed E-state index contributed by atoms with van der Waals surface area (Å²) in [5.74, 6) is -1.38. The van der Waals surface area contributed by atoms with Gasteiger partial charge in [0.1, 0.15) is 22.3 Å². The summed E-state index contributed by atoms with van der Waals surface area (Å²) in [7, 11) is -2.88. The van der Waals surface area contributed by atoms with Crippen LogP contribution >= 0.6 is 0 Å². The number of rotatable bonds is 7. The summed E-state index contributed by atoms with van der Waals surface area (Å²) < 4.78 is 36.8. The zero-order valence-corrected chi connectivity index (χ0v) is 15.2. The maximum Gasteiger partial charge on any atom is 0.407 e. The van der Waals surface area contributed by atoms with Crippen molar-refractivity contribution >= 4 is 22.1 Å². The van der Waals surface area contributed by atoms with Gasteiger partial charge in [0.15, 0.2) is 0 Å². The molecule has 0 saturated heterocycles. The minimum atomic E-state index is -4.18. The Balaban J connectivity index is 2.87. The Morgan fingerprint density at radius 1 is 1.24 bits per heavy atom. The number of alkyl carbamates (subject to hydrolysis) is 1. The number of hydrogen-bond acceptors (Lipinski definition) is 6. The predicted octanol–water partition coefficient (Wildman–Crippen LogP) is 0.951. The third-order valence-electron chi connectivity index (χ3n) is 2.80. The number of sulfonamides is 1. The summed E-state index contributed by atoms with van der Waals surface area (Å²) in [5, 5.41) is 11.4. The summed E-state index contributed by atoms with van der Waals surface area (Å²) in [4.78, 5) is 22.7. The number of carboxylic acid groups (broad SMARTS) is 1. The van der Waals surface area contributed by atoms with Crippen LogP contribution in [-0.2, 0) is 19.6 Å². The van der Waals surface area contributed by atoms with Crippen molar-refractivity contribution < 1.29 is 32.6 Å². The average Bonchev–Trinajstić information content (AvgIpc) is 2.49. The molecule has 0 radical (unpaired) electrons. The highest BCUT2D eigenvalue weighted by Gasteiger charge is 2.28. The van der Waals surface area contributed by atoms with Crippen molar-refractivity contribution in [3.05, 3.63) is 24.3 Å². The Hall–Kier alpha value is -2.33. The zero-order valence-electron chi connectivity index (χ0n) is 14.4. The molecular weight excluding hydrogens is 352 g/mol. The Kier molecular flexibility index (Phi) is 6.77. The van der Waals surface area contributed by atoms with E-state index in [0.29, 0.717) is 0 Å². The molecule has 140 valence electrons. The van der Waals surface area contributed by atoms with Crippen molar-refractivity contribution in [3.63, 3.8) is 0 Å². The van der Waals surface area contributed by atoms with Gasteiger partial charge in [-0.15, -0.1) is 0 Å². The molecule has 1 unspecified atom stereocenters. The SMILES string of the molecule is COc1ccccc1S(=O)(=O)NC(CNC(=O)OC(C)(C)C)C(=O)O. The van der Waals surface area contributed by atoms with Gasteiger partial charge >= 0.3 is 12.1 Å². The number of carbonyl (C=O) groups is 2. The third kappa shape index (κ3) is 6.59. The minimum absolute atomic E-state index is 0.0687. The first-order valence-electron chi connectivity index (χ1n) is 7.31. The van der Waals surface area contributed by atoms with E-state index in [9.17, 15) is 23.1 Å². The second kappa shape index (κ2) is 8.17. The molecule has 0 aliphatic heterocycles. The van der Waals surface area contributed by atoms with Crippen LogP contribution in [0.15, 0.2) is 29.2 Å². The topological polar surface area (TPSA) is 131 Å². The van der Waals surface area contributed by atoms with Crippen LogP contribution in [0.1, 0.15) is 20.8 Å². The van der Waals surface area contributed by atoms with Crippen LogP contribution in [0.25, 0.3) is 0 Å². The molecule has 1 rings (SSSR count). The van der Waals surface area contributed by atoms with Crippen molar-refractivity contribution in [3.8, 4) is 5.75 Å². The van der Waals surface area contributed by atoms with Gasteiger partial charge in [0.25, 0.3) is 0 Å². The second-order valence-corrected chi connectivity index (χ2v) is 7.73. The summed E-state index contributed by atoms with van der Waals surface area (Å²) >= 11 is 0. The van der Waals surface area contributed by atoms with E-state index in [1.54, 1.807) is 26.8 Å². The summed E-state index contributed by atoms with van der Waals surface area (Å²) in [6.45, 7) is 4.45. The van der Waals surface area contributed by atoms with E-state index in [-0.39, 0.29) is 10.6 Å². The van der Waals surface area contributed by atoms with E-state index < -0.39 is 40.3 Å². The molecule has 0 spiro atoms. The van der Waals surface area contributed by atoms with Crippen molar-refractivity contribution in [1.82, 2.24) is 10.0 Å². The monoisotopic (exact) mass is 374 g/mol. The highest BCUT2D eigenvalue weighted by molar-refractivity contribution is 7.89. The quantitative estimate of drug-likeness (QED) is 0.647. The highest BCUT2D eigenvalue weighted by atomic mass is 32.2. The van der Waals surface area contributed by atoms with Crippen LogP contribution in [-0.4, -0.2) is 50.9 Å². The van der Waals surface area contributed by atoms with Gasteiger partial charge in [0, 0.05) is 6.54 Å². The van der Waals surface area contributed by atoms with E-state index >= 15 is 0 Å². The van der Waals surface area contributed by atoms with Crippen LogP contribution in [0.4, 0.5) is 4.79 Å². The van der Waals surface area contributed by atoms with E-state index in [1.165, 1.54) is 25.3 Å². The maximum absolute atomic E-state index is 12.4. The fourth-order valence-electron chi connectivity index (χ4n) is 1.77. The van der Waals surface area contributed by atoms with Crippen molar-refractivity contribution in [2.75, 3.05) is 13.7 Å². The third-order valence-corrected chi connectivity index (χ3v) is 4.31. The molecule has 0 aliphatic rings. The molecule has 0 saturated carbocycles. The number of amides is 1. The second-order valence-electron chi connectivity index (χ2n) is 6.05. The first kappa shape index (κ1) is 20.7.